The molecule has 3 N–H and O–H groups in total. The maximum absolute atomic E-state index is 12.3. The van der Waals surface area contributed by atoms with Crippen LogP contribution in [0.25, 0.3) is 22.2 Å². The number of hydrogen-bond donors (Lipinski definition) is 2. The van der Waals surface area contributed by atoms with E-state index in [0.29, 0.717) is 28.2 Å². The van der Waals surface area contributed by atoms with Gasteiger partial charge in [0.15, 0.2) is 0 Å². The van der Waals surface area contributed by atoms with E-state index in [9.17, 15) is 21.6 Å². The first-order valence-electron chi connectivity index (χ1n) is 9.18. The van der Waals surface area contributed by atoms with Crippen LogP contribution in [0.15, 0.2) is 76.5 Å². The molecule has 0 spiro atoms. The predicted octanol–water partition coefficient (Wildman–Crippen LogP) is 5.07. The number of H-pyrrole nitrogens is 1. The molecule has 0 saturated heterocycles. The van der Waals surface area contributed by atoms with Gasteiger partial charge in [0.05, 0.1) is 21.7 Å². The Hall–Kier alpha value is -3.02. The van der Waals surface area contributed by atoms with Crippen molar-refractivity contribution in [3.63, 3.8) is 0 Å². The number of nitrogens with two attached hydrogens (primary N) is 1. The third-order valence-corrected chi connectivity index (χ3v) is 6.46. The highest BCUT2D eigenvalue weighted by atomic mass is 32.2. The summed E-state index contributed by atoms with van der Waals surface area (Å²) in [4.78, 5) is 8.48. The van der Waals surface area contributed by atoms with E-state index in [-0.39, 0.29) is 10.6 Å². The van der Waals surface area contributed by atoms with E-state index in [2.05, 4.69) is 14.7 Å². The lowest BCUT2D eigenvalue weighted by Gasteiger charge is -2.08. The molecule has 4 rings (SSSR count). The normalized spacial score (nSPS) is 12.2. The van der Waals surface area contributed by atoms with Crippen molar-refractivity contribution in [1.29, 1.82) is 0 Å². The zero-order chi connectivity index (χ0) is 22.9. The summed E-state index contributed by atoms with van der Waals surface area (Å²) in [6.45, 7) is 0. The summed E-state index contributed by atoms with van der Waals surface area (Å²) in [7, 11) is -3.88. The number of aromatic amines is 1. The number of sulfonamides is 1. The first kappa shape index (κ1) is 22.2. The quantitative estimate of drug-likeness (QED) is 0.377. The van der Waals surface area contributed by atoms with Gasteiger partial charge in [0.2, 0.25) is 10.0 Å². The predicted molar refractivity (Wildman–Crippen MR) is 116 cm³/mol. The molecule has 0 aliphatic rings. The second-order valence-electron chi connectivity index (χ2n) is 6.76. The molecule has 0 radical (unpaired) electrons. The van der Waals surface area contributed by atoms with E-state index < -0.39 is 16.4 Å². The van der Waals surface area contributed by atoms with E-state index in [4.69, 9.17) is 5.14 Å². The molecule has 1 heterocycles. The maximum Gasteiger partial charge on any atom is 0.573 e. The van der Waals surface area contributed by atoms with Gasteiger partial charge in [-0.05, 0) is 48.0 Å². The number of benzene rings is 3. The Morgan fingerprint density at radius 2 is 1.75 bits per heavy atom. The number of aromatic nitrogens is 2. The first-order chi connectivity index (χ1) is 15.1. The Labute approximate surface area is 185 Å². The molecule has 1 aromatic heterocycles. The molecule has 3 aromatic carbocycles. The highest BCUT2D eigenvalue weighted by molar-refractivity contribution is 7.98. The van der Waals surface area contributed by atoms with Crippen LogP contribution in [-0.4, -0.2) is 24.7 Å². The number of rotatable bonds is 6. The number of thioether (sulfide) groups is 1. The van der Waals surface area contributed by atoms with Gasteiger partial charge in [-0.25, -0.2) is 18.5 Å². The van der Waals surface area contributed by atoms with E-state index in [1.54, 1.807) is 36.4 Å². The van der Waals surface area contributed by atoms with Crippen molar-refractivity contribution in [2.24, 2.45) is 5.14 Å². The molecule has 0 saturated carbocycles. The number of nitrogens with zero attached hydrogens (tertiary/aromatic N) is 1. The average molecular weight is 480 g/mol. The van der Waals surface area contributed by atoms with Crippen LogP contribution in [0.4, 0.5) is 13.2 Å². The Morgan fingerprint density at radius 3 is 2.44 bits per heavy atom. The number of primary sulfonamides is 1. The fraction of sp³-hybridized carbons (Fsp3) is 0.0952. The molecule has 6 nitrogen and oxygen atoms in total. The van der Waals surface area contributed by atoms with Gasteiger partial charge in [-0.3, -0.25) is 0 Å². The number of fused-ring (bicyclic) bond motifs is 1. The number of nitrogens with one attached hydrogen (secondary N) is 1. The van der Waals surface area contributed by atoms with Gasteiger partial charge < -0.3 is 9.72 Å². The van der Waals surface area contributed by atoms with Crippen LogP contribution >= 0.6 is 11.8 Å². The van der Waals surface area contributed by atoms with Crippen molar-refractivity contribution in [1.82, 2.24) is 9.97 Å². The first-order valence-corrected chi connectivity index (χ1v) is 11.7. The van der Waals surface area contributed by atoms with Gasteiger partial charge in [-0.2, -0.15) is 0 Å². The standard InChI is InChI=1S/C21H16F3N3O3S2/c22-21(23,24)30-14-6-8-15(9-7-14)31-12-20-26-17-10-5-13(11-18(17)27-20)16-3-1-2-4-19(16)32(25,28)29/h1-11H,12H2,(H,26,27)(H2,25,28,29). The molecule has 32 heavy (non-hydrogen) atoms. The van der Waals surface area contributed by atoms with Gasteiger partial charge in [0, 0.05) is 10.5 Å². The zero-order valence-corrected chi connectivity index (χ0v) is 17.9. The third kappa shape index (κ3) is 5.23. The summed E-state index contributed by atoms with van der Waals surface area (Å²) >= 11 is 1.40. The van der Waals surface area contributed by atoms with Crippen molar-refractivity contribution in [3.05, 3.63) is 72.6 Å². The maximum atomic E-state index is 12.3. The van der Waals surface area contributed by atoms with Crippen LogP contribution < -0.4 is 9.88 Å². The molecule has 0 fully saturated rings. The van der Waals surface area contributed by atoms with Crippen molar-refractivity contribution in [2.75, 3.05) is 0 Å². The van der Waals surface area contributed by atoms with E-state index in [1.165, 1.54) is 42.1 Å². The number of alkyl halides is 3. The van der Waals surface area contributed by atoms with Crippen molar-refractivity contribution < 1.29 is 26.3 Å². The fourth-order valence-corrected chi connectivity index (χ4v) is 4.67. The van der Waals surface area contributed by atoms with Crippen LogP contribution in [0.3, 0.4) is 0 Å². The smallest absolute Gasteiger partial charge is 0.406 e. The van der Waals surface area contributed by atoms with Crippen LogP contribution in [0.5, 0.6) is 5.75 Å². The highest BCUT2D eigenvalue weighted by Crippen LogP contribution is 2.30. The Bertz CT molecular complexity index is 1370. The highest BCUT2D eigenvalue weighted by Gasteiger charge is 2.30. The summed E-state index contributed by atoms with van der Waals surface area (Å²) in [5.41, 5.74) is 2.58. The lowest BCUT2D eigenvalue weighted by Crippen LogP contribution is -2.16. The number of imidazole rings is 1. The van der Waals surface area contributed by atoms with Crippen LogP contribution in [0.2, 0.25) is 0 Å². The molecule has 11 heteroatoms. The van der Waals surface area contributed by atoms with Crippen molar-refractivity contribution in [2.45, 2.75) is 21.9 Å². The molecular weight excluding hydrogens is 463 g/mol. The minimum atomic E-state index is -4.73. The summed E-state index contributed by atoms with van der Waals surface area (Å²) in [5, 5.41) is 5.33. The molecule has 0 aliphatic carbocycles. The summed E-state index contributed by atoms with van der Waals surface area (Å²) in [6.07, 6.45) is -4.73. The molecule has 166 valence electrons. The molecule has 0 amide bonds. The van der Waals surface area contributed by atoms with E-state index in [0.717, 1.165) is 10.4 Å². The summed E-state index contributed by atoms with van der Waals surface area (Å²) in [6, 6.07) is 17.4. The van der Waals surface area contributed by atoms with Gasteiger partial charge in [0.25, 0.3) is 0 Å². The van der Waals surface area contributed by atoms with Gasteiger partial charge in [0.1, 0.15) is 11.6 Å². The number of hydrogen-bond acceptors (Lipinski definition) is 5. The zero-order valence-electron chi connectivity index (χ0n) is 16.3. The van der Waals surface area contributed by atoms with Crippen LogP contribution in [0, 0.1) is 0 Å². The lowest BCUT2D eigenvalue weighted by atomic mass is 10.1. The molecule has 0 atom stereocenters. The minimum Gasteiger partial charge on any atom is -0.406 e. The van der Waals surface area contributed by atoms with E-state index >= 15 is 0 Å². The van der Waals surface area contributed by atoms with Crippen LogP contribution in [0.1, 0.15) is 5.82 Å². The van der Waals surface area contributed by atoms with Gasteiger partial charge >= 0.3 is 6.36 Å². The van der Waals surface area contributed by atoms with Crippen molar-refractivity contribution >= 4 is 32.8 Å². The lowest BCUT2D eigenvalue weighted by molar-refractivity contribution is -0.274. The monoisotopic (exact) mass is 479 g/mol. The molecule has 0 aliphatic heterocycles. The Balaban J connectivity index is 1.52. The second-order valence-corrected chi connectivity index (χ2v) is 9.34. The second kappa shape index (κ2) is 8.49. The fourth-order valence-electron chi connectivity index (χ4n) is 3.14. The number of ether oxygens (including phenoxy) is 1. The topological polar surface area (TPSA) is 98.1 Å². The molecule has 0 unspecified atom stereocenters. The van der Waals surface area contributed by atoms with Crippen LogP contribution in [-0.2, 0) is 15.8 Å². The summed E-state index contributed by atoms with van der Waals surface area (Å²) < 4.78 is 64.4. The Kier molecular flexibility index (Phi) is 5.89. The SMILES string of the molecule is NS(=O)(=O)c1ccccc1-c1ccc2nc(CSc3ccc(OC(F)(F)F)cc3)[nH]c2c1. The Morgan fingerprint density at radius 1 is 1.03 bits per heavy atom. The van der Waals surface area contributed by atoms with Crippen molar-refractivity contribution in [3.8, 4) is 16.9 Å². The summed E-state index contributed by atoms with van der Waals surface area (Å²) in [5.74, 6) is 0.840. The number of halogens is 3. The third-order valence-electron chi connectivity index (χ3n) is 4.47. The molecule has 0 bridgehead atoms. The van der Waals surface area contributed by atoms with Gasteiger partial charge in [-0.15, -0.1) is 24.9 Å². The van der Waals surface area contributed by atoms with Gasteiger partial charge in [-0.1, -0.05) is 24.3 Å². The molecular formula is C21H16F3N3O3S2. The average Bonchev–Trinajstić information content (AvgIpc) is 3.14. The largest absolute Gasteiger partial charge is 0.573 e. The minimum absolute atomic E-state index is 0.0348. The molecule has 4 aromatic rings. The van der Waals surface area contributed by atoms with E-state index in [1.807, 2.05) is 0 Å².